The van der Waals surface area contributed by atoms with Crippen molar-refractivity contribution in [1.29, 1.82) is 0 Å². The predicted molar refractivity (Wildman–Crippen MR) is 65.4 cm³/mol. The summed E-state index contributed by atoms with van der Waals surface area (Å²) in [6.07, 6.45) is 0.198. The number of benzene rings is 1. The molecule has 0 bridgehead atoms. The maximum atomic E-state index is 11.6. The van der Waals surface area contributed by atoms with Crippen molar-refractivity contribution in [1.82, 2.24) is 10.6 Å². The van der Waals surface area contributed by atoms with Gasteiger partial charge in [-0.1, -0.05) is 0 Å². The van der Waals surface area contributed by atoms with Crippen LogP contribution in [0.2, 0.25) is 0 Å². The lowest BCUT2D eigenvalue weighted by atomic mass is 10.2. The summed E-state index contributed by atoms with van der Waals surface area (Å²) in [4.78, 5) is 22.7. The first-order valence-electron chi connectivity index (χ1n) is 5.61. The molecule has 6 nitrogen and oxygen atoms in total. The van der Waals surface area contributed by atoms with Gasteiger partial charge in [-0.05, 0) is 25.1 Å². The number of phenols is 2. The first kappa shape index (κ1) is 13.8. The molecule has 0 spiro atoms. The average Bonchev–Trinajstić information content (AvgIpc) is 2.33. The lowest BCUT2D eigenvalue weighted by Crippen LogP contribution is -2.30. The monoisotopic (exact) mass is 252 g/mol. The molecule has 0 saturated heterocycles. The van der Waals surface area contributed by atoms with Gasteiger partial charge in [0.15, 0.2) is 11.5 Å². The largest absolute Gasteiger partial charge is 0.504 e. The van der Waals surface area contributed by atoms with E-state index in [0.717, 1.165) is 6.07 Å². The van der Waals surface area contributed by atoms with Gasteiger partial charge in [-0.2, -0.15) is 0 Å². The molecule has 0 radical (unpaired) electrons. The smallest absolute Gasteiger partial charge is 0.251 e. The van der Waals surface area contributed by atoms with Crippen LogP contribution in [-0.2, 0) is 4.79 Å². The molecule has 1 aromatic carbocycles. The molecule has 0 heterocycles. The van der Waals surface area contributed by atoms with Gasteiger partial charge in [-0.25, -0.2) is 0 Å². The second-order valence-electron chi connectivity index (χ2n) is 3.66. The van der Waals surface area contributed by atoms with Crippen LogP contribution in [0.15, 0.2) is 18.2 Å². The van der Waals surface area contributed by atoms with E-state index in [0.29, 0.717) is 6.54 Å². The van der Waals surface area contributed by atoms with E-state index >= 15 is 0 Å². The highest BCUT2D eigenvalue weighted by molar-refractivity contribution is 5.95. The molecule has 1 rings (SSSR count). The Balaban J connectivity index is 2.45. The number of carbonyl (C=O) groups is 2. The highest BCUT2D eigenvalue weighted by Gasteiger charge is 2.08. The van der Waals surface area contributed by atoms with Crippen LogP contribution in [0, 0.1) is 0 Å². The number of carbonyl (C=O) groups excluding carboxylic acids is 2. The molecular formula is C12H16N2O4. The minimum atomic E-state index is -0.408. The molecule has 0 aromatic heterocycles. The van der Waals surface area contributed by atoms with Crippen molar-refractivity contribution >= 4 is 11.8 Å². The Kier molecular flexibility index (Phi) is 4.98. The van der Waals surface area contributed by atoms with Gasteiger partial charge < -0.3 is 20.8 Å². The molecule has 4 N–H and O–H groups in total. The summed E-state index contributed by atoms with van der Waals surface area (Å²) in [5, 5.41) is 23.5. The molecule has 18 heavy (non-hydrogen) atoms. The van der Waals surface area contributed by atoms with Crippen LogP contribution in [0.3, 0.4) is 0 Å². The third kappa shape index (κ3) is 3.97. The lowest BCUT2D eigenvalue weighted by molar-refractivity contribution is -0.120. The fourth-order valence-electron chi connectivity index (χ4n) is 1.34. The van der Waals surface area contributed by atoms with Crippen LogP contribution in [0.25, 0.3) is 0 Å². The zero-order valence-electron chi connectivity index (χ0n) is 10.1. The Morgan fingerprint density at radius 3 is 2.50 bits per heavy atom. The molecule has 0 atom stereocenters. The summed E-state index contributed by atoms with van der Waals surface area (Å²) in [5.74, 6) is -1.18. The van der Waals surface area contributed by atoms with Gasteiger partial charge >= 0.3 is 0 Å². The van der Waals surface area contributed by atoms with E-state index in [2.05, 4.69) is 10.6 Å². The van der Waals surface area contributed by atoms with E-state index in [1.165, 1.54) is 12.1 Å². The fourth-order valence-corrected chi connectivity index (χ4v) is 1.34. The molecule has 0 saturated carbocycles. The molecule has 1 aromatic rings. The van der Waals surface area contributed by atoms with Crippen molar-refractivity contribution in [3.05, 3.63) is 23.8 Å². The third-order valence-electron chi connectivity index (χ3n) is 2.25. The molecule has 0 unspecified atom stereocenters. The number of rotatable bonds is 5. The van der Waals surface area contributed by atoms with Gasteiger partial charge in [0.25, 0.3) is 5.91 Å². The van der Waals surface area contributed by atoms with Crippen LogP contribution >= 0.6 is 0 Å². The number of amides is 2. The molecule has 0 aliphatic carbocycles. The second kappa shape index (κ2) is 6.48. The van der Waals surface area contributed by atoms with E-state index in [-0.39, 0.29) is 35.9 Å². The Bertz CT molecular complexity index is 446. The zero-order valence-corrected chi connectivity index (χ0v) is 10.1. The van der Waals surface area contributed by atoms with E-state index in [9.17, 15) is 14.7 Å². The van der Waals surface area contributed by atoms with Gasteiger partial charge in [-0.3, -0.25) is 9.59 Å². The summed E-state index contributed by atoms with van der Waals surface area (Å²) in [7, 11) is 0. The molecular weight excluding hydrogens is 236 g/mol. The molecule has 2 amide bonds. The van der Waals surface area contributed by atoms with Crippen molar-refractivity contribution in [2.75, 3.05) is 13.1 Å². The van der Waals surface area contributed by atoms with Gasteiger partial charge in [0.2, 0.25) is 5.91 Å². The summed E-state index contributed by atoms with van der Waals surface area (Å²) in [5.41, 5.74) is 0.223. The Hall–Kier alpha value is -2.24. The van der Waals surface area contributed by atoms with Crippen molar-refractivity contribution < 1.29 is 19.8 Å². The number of hydrogen-bond donors (Lipinski definition) is 4. The van der Waals surface area contributed by atoms with Crippen molar-refractivity contribution in [2.45, 2.75) is 13.3 Å². The number of hydrogen-bond acceptors (Lipinski definition) is 4. The van der Waals surface area contributed by atoms with Gasteiger partial charge in [0, 0.05) is 25.1 Å². The summed E-state index contributed by atoms with van der Waals surface area (Å²) >= 11 is 0. The van der Waals surface area contributed by atoms with E-state index in [1.54, 1.807) is 0 Å². The highest BCUT2D eigenvalue weighted by atomic mass is 16.3. The fraction of sp³-hybridized carbons (Fsp3) is 0.333. The van der Waals surface area contributed by atoms with E-state index in [4.69, 9.17) is 5.11 Å². The molecule has 0 fully saturated rings. The maximum Gasteiger partial charge on any atom is 0.251 e. The van der Waals surface area contributed by atoms with Gasteiger partial charge in [0.05, 0.1) is 0 Å². The number of phenolic OH excluding ortho intramolecular Hbond substituents is 2. The predicted octanol–water partition coefficient (Wildman–Crippen LogP) is 0.354. The zero-order chi connectivity index (χ0) is 13.5. The molecule has 98 valence electrons. The first-order chi connectivity index (χ1) is 8.54. The summed E-state index contributed by atoms with van der Waals surface area (Å²) < 4.78 is 0. The minimum Gasteiger partial charge on any atom is -0.504 e. The van der Waals surface area contributed by atoms with Crippen LogP contribution < -0.4 is 10.6 Å². The van der Waals surface area contributed by atoms with Crippen LogP contribution in [-0.4, -0.2) is 35.1 Å². The van der Waals surface area contributed by atoms with Gasteiger partial charge in [-0.15, -0.1) is 0 Å². The molecule has 0 aliphatic heterocycles. The SMILES string of the molecule is CCNC(=O)CCNC(=O)c1ccc(O)c(O)c1. The molecule has 0 aliphatic rings. The molecule has 6 heteroatoms. The maximum absolute atomic E-state index is 11.6. The normalized spacial score (nSPS) is 9.83. The number of nitrogens with one attached hydrogen (secondary N) is 2. The Morgan fingerprint density at radius 1 is 1.17 bits per heavy atom. The van der Waals surface area contributed by atoms with Crippen LogP contribution in [0.4, 0.5) is 0 Å². The van der Waals surface area contributed by atoms with Gasteiger partial charge in [0.1, 0.15) is 0 Å². The van der Waals surface area contributed by atoms with Crippen molar-refractivity contribution in [3.63, 3.8) is 0 Å². The van der Waals surface area contributed by atoms with Crippen molar-refractivity contribution in [3.8, 4) is 11.5 Å². The Labute approximate surface area is 105 Å². The third-order valence-corrected chi connectivity index (χ3v) is 2.25. The van der Waals surface area contributed by atoms with Crippen LogP contribution in [0.1, 0.15) is 23.7 Å². The highest BCUT2D eigenvalue weighted by Crippen LogP contribution is 2.24. The minimum absolute atomic E-state index is 0.133. The number of aromatic hydroxyl groups is 2. The first-order valence-corrected chi connectivity index (χ1v) is 5.61. The standard InChI is InChI=1S/C12H16N2O4/c1-2-13-11(17)5-6-14-12(18)8-3-4-9(15)10(16)7-8/h3-4,7,15-16H,2,5-6H2,1H3,(H,13,17)(H,14,18). The van der Waals surface area contributed by atoms with Crippen LogP contribution in [0.5, 0.6) is 11.5 Å². The van der Waals surface area contributed by atoms with E-state index < -0.39 is 5.91 Å². The quantitative estimate of drug-likeness (QED) is 0.568. The van der Waals surface area contributed by atoms with E-state index in [1.807, 2.05) is 6.92 Å². The van der Waals surface area contributed by atoms with Crippen molar-refractivity contribution in [2.24, 2.45) is 0 Å². The topological polar surface area (TPSA) is 98.7 Å². The summed E-state index contributed by atoms with van der Waals surface area (Å²) in [6.45, 7) is 2.58. The average molecular weight is 252 g/mol. The second-order valence-corrected chi connectivity index (χ2v) is 3.66. The lowest BCUT2D eigenvalue weighted by Gasteiger charge is -2.06. The summed E-state index contributed by atoms with van der Waals surface area (Å²) in [6, 6.07) is 3.78. The Morgan fingerprint density at radius 2 is 1.89 bits per heavy atom.